The predicted molar refractivity (Wildman–Crippen MR) is 106 cm³/mol. The highest BCUT2D eigenvalue weighted by Gasteiger charge is 2.37. The van der Waals surface area contributed by atoms with Gasteiger partial charge in [0.15, 0.2) is 0 Å². The van der Waals surface area contributed by atoms with Gasteiger partial charge in [-0.2, -0.15) is 0 Å². The number of fused-ring (bicyclic) bond motifs is 1. The molecule has 28 heavy (non-hydrogen) atoms. The molecule has 0 saturated carbocycles. The molecule has 0 radical (unpaired) electrons. The van der Waals surface area contributed by atoms with Crippen molar-refractivity contribution in [2.24, 2.45) is 0 Å². The molecule has 3 amide bonds. The van der Waals surface area contributed by atoms with Crippen molar-refractivity contribution in [2.45, 2.75) is 19.9 Å². The molecule has 3 rings (SSSR count). The smallest absolute Gasteiger partial charge is 0.266 e. The zero-order chi connectivity index (χ0) is 20.3. The molecule has 0 aliphatic carbocycles. The van der Waals surface area contributed by atoms with E-state index >= 15 is 0 Å². The first-order chi connectivity index (χ1) is 13.5. The third-order valence-electron chi connectivity index (χ3n) is 4.62. The van der Waals surface area contributed by atoms with E-state index in [0.29, 0.717) is 35.7 Å². The lowest BCUT2D eigenvalue weighted by atomic mass is 10.1. The second-order valence-corrected chi connectivity index (χ2v) is 6.53. The number of anilines is 1. The van der Waals surface area contributed by atoms with Crippen molar-refractivity contribution in [3.63, 3.8) is 0 Å². The van der Waals surface area contributed by atoms with E-state index in [1.165, 1.54) is 12.1 Å². The highest BCUT2D eigenvalue weighted by molar-refractivity contribution is 6.34. The van der Waals surface area contributed by atoms with Crippen LogP contribution < -0.4 is 20.3 Å². The van der Waals surface area contributed by atoms with Gasteiger partial charge in [0.1, 0.15) is 5.75 Å². The number of nitrogens with zero attached hydrogens (tertiary/aromatic N) is 1. The highest BCUT2D eigenvalue weighted by atomic mass is 16.5. The van der Waals surface area contributed by atoms with E-state index in [9.17, 15) is 14.4 Å². The summed E-state index contributed by atoms with van der Waals surface area (Å²) in [5, 5.41) is 5.84. The second-order valence-electron chi connectivity index (χ2n) is 6.53. The van der Waals surface area contributed by atoms with Gasteiger partial charge in [-0.05, 0) is 63.4 Å². The molecule has 0 spiro atoms. The Morgan fingerprint density at radius 1 is 1.07 bits per heavy atom. The molecule has 0 saturated heterocycles. The molecule has 146 valence electrons. The number of benzene rings is 2. The number of amides is 3. The summed E-state index contributed by atoms with van der Waals surface area (Å²) in [4.78, 5) is 39.0. The average Bonchev–Trinajstić information content (AvgIpc) is 2.96. The maximum Gasteiger partial charge on any atom is 0.266 e. The van der Waals surface area contributed by atoms with Crippen LogP contribution in [0.1, 0.15) is 44.9 Å². The number of nitrogens with one attached hydrogen (secondary N) is 2. The number of likely N-dealkylation sites (N-methyl/N-ethyl adjacent to an activating group) is 1. The molecular weight excluding hydrogens is 358 g/mol. The van der Waals surface area contributed by atoms with Crippen LogP contribution in [0.25, 0.3) is 0 Å². The van der Waals surface area contributed by atoms with E-state index in [4.69, 9.17) is 4.74 Å². The summed E-state index contributed by atoms with van der Waals surface area (Å²) in [5.41, 5.74) is 1.33. The second kappa shape index (κ2) is 8.22. The number of rotatable bonds is 7. The van der Waals surface area contributed by atoms with Crippen molar-refractivity contribution in [2.75, 3.05) is 25.1 Å². The van der Waals surface area contributed by atoms with Gasteiger partial charge in [-0.3, -0.25) is 14.4 Å². The van der Waals surface area contributed by atoms with Gasteiger partial charge in [0.05, 0.1) is 23.4 Å². The van der Waals surface area contributed by atoms with Gasteiger partial charge in [0.25, 0.3) is 17.7 Å². The first kappa shape index (κ1) is 19.6. The monoisotopic (exact) mass is 381 g/mol. The fourth-order valence-electron chi connectivity index (χ4n) is 2.92. The van der Waals surface area contributed by atoms with Gasteiger partial charge in [0, 0.05) is 18.2 Å². The Morgan fingerprint density at radius 3 is 2.39 bits per heavy atom. The van der Waals surface area contributed by atoms with Crippen molar-refractivity contribution in [3.05, 3.63) is 59.2 Å². The summed E-state index contributed by atoms with van der Waals surface area (Å²) in [6.07, 6.45) is 0. The van der Waals surface area contributed by atoms with Crippen molar-refractivity contribution in [1.82, 2.24) is 10.6 Å². The molecule has 7 heteroatoms. The molecule has 1 heterocycles. The topological polar surface area (TPSA) is 87.7 Å². The standard InChI is InChI=1S/C21H23N3O4/c1-4-28-16-8-6-15(7-9-16)24-20(26)17-10-5-14(11-18(17)21(24)27)19(25)23-12-13(2)22-3/h5-11,13,22H,4,12H2,1-3H3,(H,23,25). The van der Waals surface area contributed by atoms with Crippen LogP contribution in [0, 0.1) is 0 Å². The van der Waals surface area contributed by atoms with E-state index in [2.05, 4.69) is 10.6 Å². The average molecular weight is 381 g/mol. The Balaban J connectivity index is 1.82. The molecule has 0 fully saturated rings. The van der Waals surface area contributed by atoms with Gasteiger partial charge < -0.3 is 15.4 Å². The van der Waals surface area contributed by atoms with Crippen LogP contribution in [0.2, 0.25) is 0 Å². The lowest BCUT2D eigenvalue weighted by Crippen LogP contribution is -2.37. The molecule has 2 aromatic carbocycles. The van der Waals surface area contributed by atoms with Crippen LogP contribution in [0.5, 0.6) is 5.75 Å². The molecule has 1 aliphatic rings. The minimum absolute atomic E-state index is 0.122. The third kappa shape index (κ3) is 3.75. The van der Waals surface area contributed by atoms with Gasteiger partial charge in [-0.1, -0.05) is 0 Å². The van der Waals surface area contributed by atoms with E-state index in [1.54, 1.807) is 30.3 Å². The minimum Gasteiger partial charge on any atom is -0.494 e. The maximum atomic E-state index is 12.8. The van der Waals surface area contributed by atoms with Crippen LogP contribution in [0.4, 0.5) is 5.69 Å². The number of carbonyl (C=O) groups is 3. The van der Waals surface area contributed by atoms with E-state index in [-0.39, 0.29) is 17.5 Å². The molecule has 2 N–H and O–H groups in total. The van der Waals surface area contributed by atoms with E-state index in [0.717, 1.165) is 4.90 Å². The van der Waals surface area contributed by atoms with Crippen molar-refractivity contribution in [3.8, 4) is 5.75 Å². The van der Waals surface area contributed by atoms with Gasteiger partial charge in [-0.25, -0.2) is 4.90 Å². The lowest BCUT2D eigenvalue weighted by Gasteiger charge is -2.14. The molecule has 2 aromatic rings. The molecule has 0 aromatic heterocycles. The molecule has 1 unspecified atom stereocenters. The highest BCUT2D eigenvalue weighted by Crippen LogP contribution is 2.30. The molecule has 7 nitrogen and oxygen atoms in total. The number of imide groups is 1. The van der Waals surface area contributed by atoms with Crippen LogP contribution in [-0.4, -0.2) is 44.0 Å². The van der Waals surface area contributed by atoms with Gasteiger partial charge in [-0.15, -0.1) is 0 Å². The van der Waals surface area contributed by atoms with Gasteiger partial charge >= 0.3 is 0 Å². The SMILES string of the molecule is CCOc1ccc(N2C(=O)c3ccc(C(=O)NCC(C)NC)cc3C2=O)cc1. The Hall–Kier alpha value is -3.19. The first-order valence-corrected chi connectivity index (χ1v) is 9.17. The number of ether oxygens (including phenoxy) is 1. The first-order valence-electron chi connectivity index (χ1n) is 9.17. The maximum absolute atomic E-state index is 12.8. The van der Waals surface area contributed by atoms with Crippen molar-refractivity contribution >= 4 is 23.4 Å². The normalized spacial score (nSPS) is 14.0. The van der Waals surface area contributed by atoms with Crippen molar-refractivity contribution < 1.29 is 19.1 Å². The summed E-state index contributed by atoms with van der Waals surface area (Å²) in [6.45, 7) is 4.81. The lowest BCUT2D eigenvalue weighted by molar-refractivity contribution is 0.0923. The zero-order valence-corrected chi connectivity index (χ0v) is 16.1. The van der Waals surface area contributed by atoms with Crippen molar-refractivity contribution in [1.29, 1.82) is 0 Å². The Labute approximate surface area is 163 Å². The number of hydrogen-bond acceptors (Lipinski definition) is 5. The number of hydrogen-bond donors (Lipinski definition) is 2. The molecule has 1 atom stereocenters. The van der Waals surface area contributed by atoms with Crippen LogP contribution in [0.3, 0.4) is 0 Å². The molecular formula is C21H23N3O4. The Bertz CT molecular complexity index is 908. The summed E-state index contributed by atoms with van der Waals surface area (Å²) in [5.74, 6) is -0.468. The summed E-state index contributed by atoms with van der Waals surface area (Å²) in [7, 11) is 1.81. The summed E-state index contributed by atoms with van der Waals surface area (Å²) < 4.78 is 5.39. The summed E-state index contributed by atoms with van der Waals surface area (Å²) in [6, 6.07) is 11.4. The molecule has 1 aliphatic heterocycles. The van der Waals surface area contributed by atoms with E-state index < -0.39 is 11.8 Å². The Kier molecular flexibility index (Phi) is 5.75. The number of carbonyl (C=O) groups excluding carboxylic acids is 3. The Morgan fingerprint density at radius 2 is 1.75 bits per heavy atom. The molecule has 0 bridgehead atoms. The van der Waals surface area contributed by atoms with Crippen LogP contribution in [0.15, 0.2) is 42.5 Å². The third-order valence-corrected chi connectivity index (χ3v) is 4.62. The minimum atomic E-state index is -0.442. The van der Waals surface area contributed by atoms with Gasteiger partial charge in [0.2, 0.25) is 0 Å². The zero-order valence-electron chi connectivity index (χ0n) is 16.1. The van der Waals surface area contributed by atoms with Crippen LogP contribution >= 0.6 is 0 Å². The summed E-state index contributed by atoms with van der Waals surface area (Å²) >= 11 is 0. The fraction of sp³-hybridized carbons (Fsp3) is 0.286. The van der Waals surface area contributed by atoms with Crippen LogP contribution in [-0.2, 0) is 0 Å². The fourth-order valence-corrected chi connectivity index (χ4v) is 2.92. The largest absolute Gasteiger partial charge is 0.494 e. The predicted octanol–water partition coefficient (Wildman–Crippen LogP) is 2.22. The van der Waals surface area contributed by atoms with E-state index in [1.807, 2.05) is 20.9 Å². The quantitative estimate of drug-likeness (QED) is 0.718.